The number of nitrogens with zero attached hydrogens (tertiary/aromatic N) is 2. The lowest BCUT2D eigenvalue weighted by Gasteiger charge is -2.32. The fourth-order valence-corrected chi connectivity index (χ4v) is 6.22. The molecule has 0 aromatic heterocycles. The van der Waals surface area contributed by atoms with Crippen LogP contribution >= 0.6 is 34.8 Å². The molecule has 2 amide bonds. The quantitative estimate of drug-likeness (QED) is 0.205. The van der Waals surface area contributed by atoms with Crippen molar-refractivity contribution in [1.29, 1.82) is 0 Å². The number of carbonyl (C=O) groups is 2. The molecule has 0 aliphatic heterocycles. The average molecular weight is 671 g/mol. The summed E-state index contributed by atoms with van der Waals surface area (Å²) < 4.78 is 39.7. The Bertz CT molecular complexity index is 1540. The van der Waals surface area contributed by atoms with E-state index in [9.17, 15) is 18.0 Å². The lowest BCUT2D eigenvalue weighted by molar-refractivity contribution is -0.139. The van der Waals surface area contributed by atoms with E-state index in [1.807, 2.05) is 6.92 Å². The second-order valence-corrected chi connectivity index (χ2v) is 12.7. The van der Waals surface area contributed by atoms with Crippen molar-refractivity contribution >= 4 is 62.3 Å². The number of nitrogens with one attached hydrogen (secondary N) is 1. The van der Waals surface area contributed by atoms with Crippen LogP contribution in [0.3, 0.4) is 0 Å². The van der Waals surface area contributed by atoms with Gasteiger partial charge in [-0.05, 0) is 67.4 Å². The Morgan fingerprint density at radius 2 is 1.56 bits per heavy atom. The molecule has 9 nitrogen and oxygen atoms in total. The monoisotopic (exact) mass is 669 g/mol. The van der Waals surface area contributed by atoms with Gasteiger partial charge < -0.3 is 19.7 Å². The van der Waals surface area contributed by atoms with Crippen LogP contribution in [-0.2, 0) is 26.2 Å². The van der Waals surface area contributed by atoms with Crippen molar-refractivity contribution in [3.8, 4) is 11.5 Å². The van der Waals surface area contributed by atoms with Crippen molar-refractivity contribution in [1.82, 2.24) is 10.2 Å². The van der Waals surface area contributed by atoms with Gasteiger partial charge in [0.25, 0.3) is 10.0 Å². The van der Waals surface area contributed by atoms with E-state index in [0.29, 0.717) is 32.9 Å². The van der Waals surface area contributed by atoms with Gasteiger partial charge in [0.2, 0.25) is 11.8 Å². The van der Waals surface area contributed by atoms with Crippen molar-refractivity contribution in [3.63, 3.8) is 0 Å². The fourth-order valence-electron chi connectivity index (χ4n) is 4.19. The minimum atomic E-state index is -4.34. The number of rotatable bonds is 14. The summed E-state index contributed by atoms with van der Waals surface area (Å²) in [6, 6.07) is 14.0. The highest BCUT2D eigenvalue weighted by Crippen LogP contribution is 2.33. The predicted molar refractivity (Wildman–Crippen MR) is 170 cm³/mol. The molecule has 0 aliphatic carbocycles. The van der Waals surface area contributed by atoms with Crippen molar-refractivity contribution in [2.75, 3.05) is 31.6 Å². The maximum absolute atomic E-state index is 14.1. The maximum Gasteiger partial charge on any atom is 0.264 e. The fraction of sp³-hybridized carbons (Fsp3) is 0.333. The van der Waals surface area contributed by atoms with Gasteiger partial charge in [-0.15, -0.1) is 0 Å². The Balaban J connectivity index is 2.06. The number of carbonyl (C=O) groups excluding carboxylic acids is 2. The number of anilines is 1. The number of amides is 2. The van der Waals surface area contributed by atoms with Crippen LogP contribution in [0.4, 0.5) is 5.69 Å². The third-order valence-electron chi connectivity index (χ3n) is 6.69. The molecule has 0 heterocycles. The molecule has 0 unspecified atom stereocenters. The van der Waals surface area contributed by atoms with Gasteiger partial charge in [0.15, 0.2) is 11.5 Å². The lowest BCUT2D eigenvalue weighted by Crippen LogP contribution is -2.51. The van der Waals surface area contributed by atoms with Gasteiger partial charge in [-0.2, -0.15) is 0 Å². The number of hydrogen-bond donors (Lipinski definition) is 1. The molecule has 3 rings (SSSR count). The zero-order chi connectivity index (χ0) is 31.7. The van der Waals surface area contributed by atoms with Gasteiger partial charge in [-0.25, -0.2) is 8.42 Å². The molecule has 0 fully saturated rings. The average Bonchev–Trinajstić information content (AvgIpc) is 2.99. The van der Waals surface area contributed by atoms with Crippen LogP contribution in [0.1, 0.15) is 32.3 Å². The van der Waals surface area contributed by atoms with Gasteiger partial charge in [-0.1, -0.05) is 54.2 Å². The summed E-state index contributed by atoms with van der Waals surface area (Å²) in [5.74, 6) is -0.484. The summed E-state index contributed by atoms with van der Waals surface area (Å²) in [6.07, 6.45) is 1.64. The molecule has 0 aliphatic rings. The Morgan fingerprint density at radius 1 is 0.907 bits per heavy atom. The summed E-state index contributed by atoms with van der Waals surface area (Å²) in [4.78, 5) is 28.3. The molecule has 1 N–H and O–H groups in total. The van der Waals surface area contributed by atoms with Crippen LogP contribution in [0.5, 0.6) is 11.5 Å². The summed E-state index contributed by atoms with van der Waals surface area (Å²) in [5, 5.41) is 3.94. The molecule has 0 spiro atoms. The first-order valence-corrected chi connectivity index (χ1v) is 16.0. The number of sulfonamides is 1. The molecular weight excluding hydrogens is 637 g/mol. The SMILES string of the molecule is CCCCNC(=O)[C@@H](C)N(Cc1ccc(Cl)cc1Cl)C(=O)CN(c1ccc(Cl)cc1)S(=O)(=O)c1ccc(OC)c(OC)c1. The second-order valence-electron chi connectivity index (χ2n) is 9.58. The van der Waals surface area contributed by atoms with Crippen LogP contribution in [0.25, 0.3) is 0 Å². The van der Waals surface area contributed by atoms with Gasteiger partial charge in [0, 0.05) is 34.2 Å². The summed E-state index contributed by atoms with van der Waals surface area (Å²) in [5.41, 5.74) is 0.727. The highest BCUT2D eigenvalue weighted by Gasteiger charge is 2.33. The molecule has 3 aromatic carbocycles. The van der Waals surface area contributed by atoms with E-state index < -0.39 is 28.5 Å². The van der Waals surface area contributed by atoms with E-state index in [2.05, 4.69) is 5.32 Å². The zero-order valence-corrected chi connectivity index (χ0v) is 27.4. The van der Waals surface area contributed by atoms with Crippen molar-refractivity contribution in [3.05, 3.63) is 81.3 Å². The normalized spacial score (nSPS) is 11.9. The summed E-state index contributed by atoms with van der Waals surface area (Å²) in [7, 11) is -1.51. The molecular formula is C30H34Cl3N3O6S. The number of halogens is 3. The minimum absolute atomic E-state index is 0.0674. The van der Waals surface area contributed by atoms with E-state index in [1.165, 1.54) is 67.7 Å². The van der Waals surface area contributed by atoms with Crippen LogP contribution in [0, 0.1) is 0 Å². The first-order valence-electron chi connectivity index (χ1n) is 13.4. The van der Waals surface area contributed by atoms with Crippen LogP contribution < -0.4 is 19.1 Å². The molecule has 0 saturated heterocycles. The molecule has 1 atom stereocenters. The number of ether oxygens (including phenoxy) is 2. The predicted octanol–water partition coefficient (Wildman–Crippen LogP) is 6.19. The molecule has 3 aromatic rings. The van der Waals surface area contributed by atoms with Crippen molar-refractivity contribution < 1.29 is 27.5 Å². The molecule has 43 heavy (non-hydrogen) atoms. The molecule has 0 bridgehead atoms. The van der Waals surface area contributed by atoms with E-state index >= 15 is 0 Å². The standard InChI is InChI=1S/C30H34Cl3N3O6S/c1-5-6-15-34-30(38)20(2)35(18-21-7-8-23(32)16-26(21)33)29(37)19-36(24-11-9-22(31)10-12-24)43(39,40)25-13-14-27(41-3)28(17-25)42-4/h7-14,16-17,20H,5-6,15,18-19H2,1-4H3,(H,34,38)/t20-/m1/s1. The summed E-state index contributed by atoms with van der Waals surface area (Å²) in [6.45, 7) is 3.32. The first-order chi connectivity index (χ1) is 20.4. The lowest BCUT2D eigenvalue weighted by atomic mass is 10.1. The third-order valence-corrected chi connectivity index (χ3v) is 9.30. The highest BCUT2D eigenvalue weighted by atomic mass is 35.5. The van der Waals surface area contributed by atoms with E-state index in [1.54, 1.807) is 19.1 Å². The zero-order valence-electron chi connectivity index (χ0n) is 24.3. The molecule has 0 radical (unpaired) electrons. The molecule has 0 saturated carbocycles. The van der Waals surface area contributed by atoms with Crippen LogP contribution in [0.15, 0.2) is 65.6 Å². The Labute approximate surface area is 267 Å². The second kappa shape index (κ2) is 15.5. The van der Waals surface area contributed by atoms with Crippen LogP contribution in [0.2, 0.25) is 15.1 Å². The van der Waals surface area contributed by atoms with Gasteiger partial charge in [0.1, 0.15) is 12.6 Å². The van der Waals surface area contributed by atoms with Gasteiger partial charge in [0.05, 0.1) is 24.8 Å². The number of benzene rings is 3. The number of unbranched alkanes of at least 4 members (excludes halogenated alkanes) is 1. The smallest absolute Gasteiger partial charge is 0.264 e. The number of methoxy groups -OCH3 is 2. The van der Waals surface area contributed by atoms with E-state index in [4.69, 9.17) is 44.3 Å². The Kier molecular flexibility index (Phi) is 12.4. The Morgan fingerprint density at radius 3 is 2.16 bits per heavy atom. The molecule has 232 valence electrons. The topological polar surface area (TPSA) is 105 Å². The van der Waals surface area contributed by atoms with Gasteiger partial charge in [-0.3, -0.25) is 13.9 Å². The van der Waals surface area contributed by atoms with Crippen molar-refractivity contribution in [2.24, 2.45) is 0 Å². The highest BCUT2D eigenvalue weighted by molar-refractivity contribution is 7.92. The Hall–Kier alpha value is -3.18. The molecule has 13 heteroatoms. The van der Waals surface area contributed by atoms with Crippen LogP contribution in [-0.4, -0.2) is 58.5 Å². The van der Waals surface area contributed by atoms with E-state index in [0.717, 1.165) is 17.1 Å². The largest absolute Gasteiger partial charge is 0.493 e. The minimum Gasteiger partial charge on any atom is -0.493 e. The summed E-state index contributed by atoms with van der Waals surface area (Å²) >= 11 is 18.6. The van der Waals surface area contributed by atoms with E-state index in [-0.39, 0.29) is 28.8 Å². The number of hydrogen-bond acceptors (Lipinski definition) is 6. The van der Waals surface area contributed by atoms with Gasteiger partial charge >= 0.3 is 0 Å². The maximum atomic E-state index is 14.1. The first kappa shape index (κ1) is 34.3. The van der Waals surface area contributed by atoms with Crippen molar-refractivity contribution in [2.45, 2.75) is 44.2 Å². The third kappa shape index (κ3) is 8.69.